The lowest BCUT2D eigenvalue weighted by Crippen LogP contribution is -2.26. The second-order valence-corrected chi connectivity index (χ2v) is 5.20. The van der Waals surface area contributed by atoms with Crippen LogP contribution in [0.25, 0.3) is 0 Å². The van der Waals surface area contributed by atoms with Crippen molar-refractivity contribution in [3.05, 3.63) is 27.7 Å². The average molecular weight is 245 g/mol. The first kappa shape index (κ1) is 11.1. The molecule has 0 amide bonds. The molecular weight excluding hydrogens is 231 g/mol. The standard InChI is InChI=1S/C11H14Cl2N2/c1-11(2-3-11)15-6-7-4-8(12)10(14)9(13)5-7/h4-5,15H,2-3,6,14H2,1H3. The highest BCUT2D eigenvalue weighted by atomic mass is 35.5. The predicted octanol–water partition coefficient (Wildman–Crippen LogP) is 3.22. The Labute approximate surface area is 99.7 Å². The van der Waals surface area contributed by atoms with Crippen molar-refractivity contribution >= 4 is 28.9 Å². The summed E-state index contributed by atoms with van der Waals surface area (Å²) in [4.78, 5) is 0. The normalized spacial score (nSPS) is 17.8. The quantitative estimate of drug-likeness (QED) is 0.802. The second kappa shape index (κ2) is 3.85. The Morgan fingerprint density at radius 2 is 1.87 bits per heavy atom. The van der Waals surface area contributed by atoms with Gasteiger partial charge in [0.2, 0.25) is 0 Å². The molecule has 0 saturated heterocycles. The van der Waals surface area contributed by atoms with Crippen molar-refractivity contribution in [3.8, 4) is 0 Å². The van der Waals surface area contributed by atoms with Crippen LogP contribution in [0, 0.1) is 0 Å². The summed E-state index contributed by atoms with van der Waals surface area (Å²) in [7, 11) is 0. The molecule has 0 aromatic heterocycles. The van der Waals surface area contributed by atoms with E-state index in [0.29, 0.717) is 21.3 Å². The van der Waals surface area contributed by atoms with E-state index < -0.39 is 0 Å². The van der Waals surface area contributed by atoms with Gasteiger partial charge >= 0.3 is 0 Å². The van der Waals surface area contributed by atoms with E-state index in [9.17, 15) is 0 Å². The van der Waals surface area contributed by atoms with Gasteiger partial charge in [-0.25, -0.2) is 0 Å². The first-order valence-electron chi connectivity index (χ1n) is 4.99. The first-order chi connectivity index (χ1) is 7.00. The summed E-state index contributed by atoms with van der Waals surface area (Å²) in [6, 6.07) is 3.73. The van der Waals surface area contributed by atoms with Gasteiger partial charge in [-0.05, 0) is 37.5 Å². The zero-order chi connectivity index (χ0) is 11.1. The number of benzene rings is 1. The van der Waals surface area contributed by atoms with Crippen molar-refractivity contribution in [3.63, 3.8) is 0 Å². The molecule has 0 bridgehead atoms. The van der Waals surface area contributed by atoms with Gasteiger partial charge < -0.3 is 11.1 Å². The molecule has 0 unspecified atom stereocenters. The number of nitrogens with two attached hydrogens (primary N) is 1. The van der Waals surface area contributed by atoms with Gasteiger partial charge in [-0.1, -0.05) is 23.2 Å². The van der Waals surface area contributed by atoms with Gasteiger partial charge in [0.15, 0.2) is 0 Å². The lowest BCUT2D eigenvalue weighted by molar-refractivity contribution is 0.538. The van der Waals surface area contributed by atoms with Crippen molar-refractivity contribution in [2.75, 3.05) is 5.73 Å². The highest BCUT2D eigenvalue weighted by Gasteiger charge is 2.36. The Balaban J connectivity index is 2.08. The van der Waals surface area contributed by atoms with Crippen LogP contribution in [-0.4, -0.2) is 5.54 Å². The molecule has 15 heavy (non-hydrogen) atoms. The van der Waals surface area contributed by atoms with E-state index in [2.05, 4.69) is 12.2 Å². The van der Waals surface area contributed by atoms with E-state index in [0.717, 1.165) is 12.1 Å². The molecule has 2 nitrogen and oxygen atoms in total. The van der Waals surface area contributed by atoms with Gasteiger partial charge in [0.05, 0.1) is 15.7 Å². The molecule has 0 aliphatic heterocycles. The van der Waals surface area contributed by atoms with E-state index >= 15 is 0 Å². The Kier molecular flexibility index (Phi) is 2.84. The fraction of sp³-hybridized carbons (Fsp3) is 0.455. The summed E-state index contributed by atoms with van der Waals surface area (Å²) in [6.45, 7) is 3.00. The number of nitrogens with one attached hydrogen (secondary N) is 1. The van der Waals surface area contributed by atoms with E-state index in [1.165, 1.54) is 12.8 Å². The van der Waals surface area contributed by atoms with E-state index in [1.807, 2.05) is 12.1 Å². The molecule has 1 saturated carbocycles. The minimum Gasteiger partial charge on any atom is -0.396 e. The summed E-state index contributed by atoms with van der Waals surface area (Å²) >= 11 is 11.9. The molecule has 1 aliphatic rings. The molecule has 0 atom stereocenters. The number of halogens is 2. The molecule has 1 aromatic carbocycles. The number of hydrogen-bond donors (Lipinski definition) is 2. The van der Waals surface area contributed by atoms with E-state index in [4.69, 9.17) is 28.9 Å². The van der Waals surface area contributed by atoms with Crippen LogP contribution in [0.2, 0.25) is 10.0 Å². The third kappa shape index (κ3) is 2.57. The molecule has 1 aliphatic carbocycles. The zero-order valence-corrected chi connectivity index (χ0v) is 10.1. The van der Waals surface area contributed by atoms with E-state index in [-0.39, 0.29) is 0 Å². The molecule has 0 spiro atoms. The predicted molar refractivity (Wildman–Crippen MR) is 65.4 cm³/mol. The van der Waals surface area contributed by atoms with Crippen LogP contribution < -0.4 is 11.1 Å². The number of hydrogen-bond acceptors (Lipinski definition) is 2. The van der Waals surface area contributed by atoms with Gasteiger partial charge in [0.25, 0.3) is 0 Å². The second-order valence-electron chi connectivity index (χ2n) is 4.39. The fourth-order valence-electron chi connectivity index (χ4n) is 1.42. The van der Waals surface area contributed by atoms with Gasteiger partial charge in [-0.2, -0.15) is 0 Å². The van der Waals surface area contributed by atoms with Crippen molar-refractivity contribution < 1.29 is 0 Å². The topological polar surface area (TPSA) is 38.0 Å². The van der Waals surface area contributed by atoms with Gasteiger partial charge in [0.1, 0.15) is 0 Å². The minimum atomic E-state index is 0.320. The maximum atomic E-state index is 5.95. The Morgan fingerprint density at radius 3 is 2.33 bits per heavy atom. The first-order valence-corrected chi connectivity index (χ1v) is 5.74. The van der Waals surface area contributed by atoms with Gasteiger partial charge in [0, 0.05) is 12.1 Å². The van der Waals surface area contributed by atoms with Crippen molar-refractivity contribution in [1.29, 1.82) is 0 Å². The number of nitrogen functional groups attached to an aromatic ring is 1. The molecule has 1 fully saturated rings. The summed E-state index contributed by atoms with van der Waals surface area (Å²) in [6.07, 6.45) is 2.48. The van der Waals surface area contributed by atoms with Crippen molar-refractivity contribution in [2.45, 2.75) is 31.8 Å². The maximum Gasteiger partial charge on any atom is 0.0693 e. The molecule has 4 heteroatoms. The Hall–Kier alpha value is -0.440. The van der Waals surface area contributed by atoms with Crippen LogP contribution in [0.5, 0.6) is 0 Å². The van der Waals surface area contributed by atoms with Crippen LogP contribution in [0.3, 0.4) is 0 Å². The summed E-state index contributed by atoms with van der Waals surface area (Å²) in [5, 5.41) is 4.52. The molecular formula is C11H14Cl2N2. The highest BCUT2D eigenvalue weighted by molar-refractivity contribution is 6.38. The smallest absolute Gasteiger partial charge is 0.0693 e. The summed E-state index contributed by atoms with van der Waals surface area (Å²) in [5.74, 6) is 0. The van der Waals surface area contributed by atoms with Crippen LogP contribution >= 0.6 is 23.2 Å². The summed E-state index contributed by atoms with van der Waals surface area (Å²) < 4.78 is 0. The third-order valence-corrected chi connectivity index (χ3v) is 3.48. The van der Waals surface area contributed by atoms with Crippen LogP contribution in [0.1, 0.15) is 25.3 Å². The van der Waals surface area contributed by atoms with Crippen LogP contribution in [0.4, 0.5) is 5.69 Å². The fourth-order valence-corrected chi connectivity index (χ4v) is 1.95. The molecule has 82 valence electrons. The zero-order valence-electron chi connectivity index (χ0n) is 8.61. The van der Waals surface area contributed by atoms with Crippen molar-refractivity contribution in [2.24, 2.45) is 0 Å². The molecule has 0 radical (unpaired) electrons. The number of rotatable bonds is 3. The lowest BCUT2D eigenvalue weighted by Gasteiger charge is -2.12. The molecule has 3 N–H and O–H groups in total. The molecule has 2 rings (SSSR count). The largest absolute Gasteiger partial charge is 0.396 e. The van der Waals surface area contributed by atoms with Crippen LogP contribution in [-0.2, 0) is 6.54 Å². The maximum absolute atomic E-state index is 5.95. The summed E-state index contributed by atoms with van der Waals surface area (Å²) in [5.41, 5.74) is 7.51. The van der Waals surface area contributed by atoms with Crippen molar-refractivity contribution in [1.82, 2.24) is 5.32 Å². The SMILES string of the molecule is CC1(NCc2cc(Cl)c(N)c(Cl)c2)CC1. The Bertz CT molecular complexity index is 363. The van der Waals surface area contributed by atoms with Gasteiger partial charge in [-0.15, -0.1) is 0 Å². The molecule has 0 heterocycles. The number of anilines is 1. The molecule has 1 aromatic rings. The van der Waals surface area contributed by atoms with E-state index in [1.54, 1.807) is 0 Å². The highest BCUT2D eigenvalue weighted by Crippen LogP contribution is 2.35. The average Bonchev–Trinajstić information content (AvgIpc) is 2.90. The minimum absolute atomic E-state index is 0.320. The third-order valence-electron chi connectivity index (χ3n) is 2.86. The lowest BCUT2D eigenvalue weighted by atomic mass is 10.2. The van der Waals surface area contributed by atoms with Crippen LogP contribution in [0.15, 0.2) is 12.1 Å². The Morgan fingerprint density at radius 1 is 1.33 bits per heavy atom. The van der Waals surface area contributed by atoms with Gasteiger partial charge in [-0.3, -0.25) is 0 Å². The monoisotopic (exact) mass is 244 g/mol.